The van der Waals surface area contributed by atoms with Crippen molar-refractivity contribution in [2.75, 3.05) is 0 Å². The Kier molecular flexibility index (Phi) is 6.76. The van der Waals surface area contributed by atoms with Crippen molar-refractivity contribution in [3.05, 3.63) is 0 Å². The third-order valence-electron chi connectivity index (χ3n) is 6.36. The smallest absolute Gasteiger partial charge is 0.312 e. The molecule has 0 fully saturated rings. The van der Waals surface area contributed by atoms with Crippen LogP contribution in [0.15, 0.2) is 0 Å². The van der Waals surface area contributed by atoms with Crippen molar-refractivity contribution in [3.63, 3.8) is 0 Å². The Morgan fingerprint density at radius 2 is 1.36 bits per heavy atom. The Morgan fingerprint density at radius 1 is 0.909 bits per heavy atom. The summed E-state index contributed by atoms with van der Waals surface area (Å²) < 4.78 is 6.00. The van der Waals surface area contributed by atoms with Gasteiger partial charge >= 0.3 is 5.97 Å². The van der Waals surface area contributed by atoms with Crippen LogP contribution in [0.3, 0.4) is 0 Å². The second-order valence-corrected chi connectivity index (χ2v) is 9.41. The molecule has 0 amide bonds. The van der Waals surface area contributed by atoms with Crippen LogP contribution in [0.4, 0.5) is 0 Å². The summed E-state index contributed by atoms with van der Waals surface area (Å²) in [5.74, 6) is 0.254. The van der Waals surface area contributed by atoms with E-state index in [4.69, 9.17) is 4.74 Å². The number of ether oxygens (including phenoxy) is 1. The summed E-state index contributed by atoms with van der Waals surface area (Å²) in [6.07, 6.45) is 2.87. The fourth-order valence-electron chi connectivity index (χ4n) is 2.53. The molecule has 0 aromatic carbocycles. The highest BCUT2D eigenvalue weighted by Crippen LogP contribution is 2.51. The number of rotatable bonds is 8. The van der Waals surface area contributed by atoms with Crippen molar-refractivity contribution in [3.8, 4) is 0 Å². The third kappa shape index (κ3) is 4.73. The first-order valence-corrected chi connectivity index (χ1v) is 8.88. The molecule has 22 heavy (non-hydrogen) atoms. The van der Waals surface area contributed by atoms with Crippen LogP contribution in [0, 0.1) is 22.2 Å². The topological polar surface area (TPSA) is 26.3 Å². The molecule has 0 N–H and O–H groups in total. The second kappa shape index (κ2) is 6.93. The second-order valence-electron chi connectivity index (χ2n) is 9.41. The predicted molar refractivity (Wildman–Crippen MR) is 95.9 cm³/mol. The van der Waals surface area contributed by atoms with Gasteiger partial charge in [-0.1, -0.05) is 61.8 Å². The molecule has 0 saturated heterocycles. The first-order valence-electron chi connectivity index (χ1n) is 8.88. The summed E-state index contributed by atoms with van der Waals surface area (Å²) in [7, 11) is 0. The summed E-state index contributed by atoms with van der Waals surface area (Å²) in [4.78, 5) is 13.2. The molecule has 2 heteroatoms. The molecule has 0 aliphatic heterocycles. The Bertz CT molecular complexity index is 377. The van der Waals surface area contributed by atoms with Crippen LogP contribution in [0.5, 0.6) is 0 Å². The molecule has 132 valence electrons. The van der Waals surface area contributed by atoms with Crippen molar-refractivity contribution in [2.45, 2.75) is 101 Å². The highest BCUT2D eigenvalue weighted by Gasteiger charge is 2.51. The molecule has 1 atom stereocenters. The van der Waals surface area contributed by atoms with Crippen molar-refractivity contribution < 1.29 is 9.53 Å². The monoisotopic (exact) mass is 312 g/mol. The zero-order valence-electron chi connectivity index (χ0n) is 17.0. The van der Waals surface area contributed by atoms with Gasteiger partial charge in [0.05, 0.1) is 5.41 Å². The van der Waals surface area contributed by atoms with Gasteiger partial charge in [-0.2, -0.15) is 0 Å². The number of esters is 1. The molecule has 2 nitrogen and oxygen atoms in total. The van der Waals surface area contributed by atoms with E-state index < -0.39 is 11.0 Å². The lowest BCUT2D eigenvalue weighted by Gasteiger charge is -2.47. The van der Waals surface area contributed by atoms with Gasteiger partial charge in [0.15, 0.2) is 0 Å². The summed E-state index contributed by atoms with van der Waals surface area (Å²) >= 11 is 0. The van der Waals surface area contributed by atoms with Crippen molar-refractivity contribution in [1.82, 2.24) is 0 Å². The van der Waals surface area contributed by atoms with E-state index in [1.807, 2.05) is 13.8 Å². The summed E-state index contributed by atoms with van der Waals surface area (Å²) in [5.41, 5.74) is -0.877. The molecular formula is C20H40O2. The minimum atomic E-state index is -0.479. The maximum atomic E-state index is 13.2. The van der Waals surface area contributed by atoms with Crippen LogP contribution in [-0.2, 0) is 9.53 Å². The number of carbonyl (C=O) groups excluding carboxylic acids is 1. The van der Waals surface area contributed by atoms with Crippen molar-refractivity contribution in [1.29, 1.82) is 0 Å². The quantitative estimate of drug-likeness (QED) is 0.496. The third-order valence-corrected chi connectivity index (χ3v) is 6.36. The molecular weight excluding hydrogens is 272 g/mol. The molecule has 0 spiro atoms. The van der Waals surface area contributed by atoms with Crippen LogP contribution in [0.2, 0.25) is 0 Å². The molecule has 0 aliphatic carbocycles. The van der Waals surface area contributed by atoms with E-state index in [9.17, 15) is 4.79 Å². The SMILES string of the molecule is CCC(C)(C)CC(C)(C(=O)OC(C)(C)C(C)C)C(C)(C)CC. The van der Waals surface area contributed by atoms with Gasteiger partial charge in [0.2, 0.25) is 0 Å². The maximum Gasteiger partial charge on any atom is 0.312 e. The van der Waals surface area contributed by atoms with E-state index >= 15 is 0 Å². The average Bonchev–Trinajstić information content (AvgIpc) is 2.37. The zero-order valence-corrected chi connectivity index (χ0v) is 17.0. The minimum absolute atomic E-state index is 0.0421. The lowest BCUT2D eigenvalue weighted by Crippen LogP contribution is -2.49. The standard InChI is InChI=1S/C20H40O2/c1-12-17(5,6)14-20(11,18(7,8)13-2)16(21)22-19(9,10)15(3)4/h15H,12-14H2,1-11H3. The summed E-state index contributed by atoms with van der Waals surface area (Å²) in [6, 6.07) is 0. The fourth-order valence-corrected chi connectivity index (χ4v) is 2.53. The van der Waals surface area contributed by atoms with E-state index in [1.165, 1.54) is 0 Å². The average molecular weight is 313 g/mol. The molecule has 0 aliphatic rings. The molecule has 0 aromatic heterocycles. The first-order chi connectivity index (χ1) is 9.65. The summed E-state index contributed by atoms with van der Waals surface area (Å²) in [5, 5.41) is 0. The molecule has 0 aromatic rings. The molecule has 0 rings (SSSR count). The molecule has 0 bridgehead atoms. The minimum Gasteiger partial charge on any atom is -0.459 e. The van der Waals surface area contributed by atoms with Crippen LogP contribution >= 0.6 is 0 Å². The molecule has 0 saturated carbocycles. The van der Waals surface area contributed by atoms with Gasteiger partial charge in [-0.05, 0) is 50.4 Å². The van der Waals surface area contributed by atoms with Gasteiger partial charge in [0, 0.05) is 0 Å². The molecule has 0 heterocycles. The largest absolute Gasteiger partial charge is 0.459 e. The van der Waals surface area contributed by atoms with E-state index in [2.05, 4.69) is 62.3 Å². The number of hydrogen-bond donors (Lipinski definition) is 0. The normalized spacial score (nSPS) is 16.5. The zero-order chi connectivity index (χ0) is 18.0. The fraction of sp³-hybridized carbons (Fsp3) is 0.950. The Balaban J connectivity index is 5.66. The Labute approximate surface area is 139 Å². The lowest BCUT2D eigenvalue weighted by atomic mass is 9.58. The van der Waals surface area contributed by atoms with Gasteiger partial charge in [-0.25, -0.2) is 0 Å². The first kappa shape index (κ1) is 21.5. The Morgan fingerprint density at radius 3 is 1.68 bits per heavy atom. The lowest BCUT2D eigenvalue weighted by molar-refractivity contribution is -0.183. The van der Waals surface area contributed by atoms with E-state index in [0.717, 1.165) is 19.3 Å². The van der Waals surface area contributed by atoms with Gasteiger partial charge in [0.25, 0.3) is 0 Å². The van der Waals surface area contributed by atoms with Crippen LogP contribution < -0.4 is 0 Å². The van der Waals surface area contributed by atoms with E-state index in [-0.39, 0.29) is 16.8 Å². The predicted octanol–water partition coefficient (Wildman–Crippen LogP) is 6.23. The van der Waals surface area contributed by atoms with Gasteiger partial charge in [0.1, 0.15) is 5.60 Å². The molecule has 1 unspecified atom stereocenters. The highest BCUT2D eigenvalue weighted by atomic mass is 16.6. The van der Waals surface area contributed by atoms with E-state index in [0.29, 0.717) is 5.92 Å². The highest BCUT2D eigenvalue weighted by molar-refractivity contribution is 5.78. The molecule has 0 radical (unpaired) electrons. The van der Waals surface area contributed by atoms with Gasteiger partial charge < -0.3 is 4.74 Å². The number of carbonyl (C=O) groups is 1. The van der Waals surface area contributed by atoms with E-state index in [1.54, 1.807) is 0 Å². The van der Waals surface area contributed by atoms with Crippen LogP contribution in [0.1, 0.15) is 95.4 Å². The number of hydrogen-bond acceptors (Lipinski definition) is 2. The van der Waals surface area contributed by atoms with Crippen LogP contribution in [0.25, 0.3) is 0 Å². The summed E-state index contributed by atoms with van der Waals surface area (Å²) in [6.45, 7) is 23.6. The van der Waals surface area contributed by atoms with Crippen molar-refractivity contribution >= 4 is 5.97 Å². The van der Waals surface area contributed by atoms with Crippen LogP contribution in [-0.4, -0.2) is 11.6 Å². The van der Waals surface area contributed by atoms with Crippen molar-refractivity contribution in [2.24, 2.45) is 22.2 Å². The maximum absolute atomic E-state index is 13.2. The Hall–Kier alpha value is -0.530. The van der Waals surface area contributed by atoms with Gasteiger partial charge in [-0.15, -0.1) is 0 Å². The van der Waals surface area contributed by atoms with Gasteiger partial charge in [-0.3, -0.25) is 4.79 Å².